The maximum Gasteiger partial charge on any atom is 0.240 e. The van der Waals surface area contributed by atoms with E-state index in [1.165, 1.54) is 38.5 Å². The number of carbonyl (C=O) groups excluding carboxylic acids is 1. The van der Waals surface area contributed by atoms with Crippen LogP contribution in [0.15, 0.2) is 0 Å². The molecule has 0 bridgehead atoms. The maximum absolute atomic E-state index is 13.1. The lowest BCUT2D eigenvalue weighted by molar-refractivity contribution is -0.143. The van der Waals surface area contributed by atoms with Gasteiger partial charge in [0.2, 0.25) is 5.91 Å². The molecule has 4 heteroatoms. The van der Waals surface area contributed by atoms with Gasteiger partial charge in [-0.2, -0.15) is 0 Å². The van der Waals surface area contributed by atoms with Crippen LogP contribution >= 0.6 is 0 Å². The number of hydrogen-bond donors (Lipinski definition) is 1. The Balaban J connectivity index is 1.70. The van der Waals surface area contributed by atoms with Gasteiger partial charge in [-0.1, -0.05) is 0 Å². The normalized spacial score (nSPS) is 36.1. The number of carbonyl (C=O) groups is 1. The lowest BCUT2D eigenvalue weighted by atomic mass is 9.95. The molecule has 3 atom stereocenters. The van der Waals surface area contributed by atoms with E-state index in [1.807, 2.05) is 0 Å². The third-order valence-electron chi connectivity index (χ3n) is 5.80. The molecule has 0 aromatic rings. The summed E-state index contributed by atoms with van der Waals surface area (Å²) in [5.41, 5.74) is 0. The molecular weight excluding hydrogens is 262 g/mol. The SMILES string of the molecule is CC1CCCC(C)N1C(=O)C1CCCN1C1CCNCC1. The Morgan fingerprint density at radius 2 is 1.62 bits per heavy atom. The third-order valence-corrected chi connectivity index (χ3v) is 5.80. The van der Waals surface area contributed by atoms with E-state index in [1.54, 1.807) is 0 Å². The predicted molar refractivity (Wildman–Crippen MR) is 85.2 cm³/mol. The summed E-state index contributed by atoms with van der Waals surface area (Å²) in [6, 6.07) is 1.64. The topological polar surface area (TPSA) is 35.6 Å². The molecule has 0 aromatic carbocycles. The zero-order valence-corrected chi connectivity index (χ0v) is 13.7. The fourth-order valence-corrected chi connectivity index (χ4v) is 4.66. The van der Waals surface area contributed by atoms with E-state index in [4.69, 9.17) is 0 Å². The molecule has 0 spiro atoms. The summed E-state index contributed by atoms with van der Waals surface area (Å²) < 4.78 is 0. The number of rotatable bonds is 2. The van der Waals surface area contributed by atoms with Crippen LogP contribution in [-0.4, -0.2) is 59.5 Å². The molecular formula is C17H31N3O. The zero-order chi connectivity index (χ0) is 14.8. The van der Waals surface area contributed by atoms with Crippen LogP contribution in [0.1, 0.15) is 58.8 Å². The first-order valence-electron chi connectivity index (χ1n) is 8.97. The van der Waals surface area contributed by atoms with Crippen LogP contribution in [0.4, 0.5) is 0 Å². The van der Waals surface area contributed by atoms with Crippen molar-refractivity contribution in [2.24, 2.45) is 0 Å². The first-order valence-corrected chi connectivity index (χ1v) is 8.97. The van der Waals surface area contributed by atoms with Crippen molar-refractivity contribution in [3.63, 3.8) is 0 Å². The highest BCUT2D eigenvalue weighted by Gasteiger charge is 2.40. The standard InChI is InChI=1S/C17H31N3O/c1-13-5-3-6-14(2)20(13)17(21)16-7-4-12-19(16)15-8-10-18-11-9-15/h13-16,18H,3-12H2,1-2H3. The monoisotopic (exact) mass is 293 g/mol. The molecule has 3 heterocycles. The lowest BCUT2D eigenvalue weighted by Gasteiger charge is -2.43. The number of hydrogen-bond acceptors (Lipinski definition) is 3. The minimum Gasteiger partial charge on any atom is -0.336 e. The summed E-state index contributed by atoms with van der Waals surface area (Å²) in [6.07, 6.45) is 8.29. The van der Waals surface area contributed by atoms with Crippen molar-refractivity contribution in [3.8, 4) is 0 Å². The van der Waals surface area contributed by atoms with E-state index >= 15 is 0 Å². The van der Waals surface area contributed by atoms with Crippen molar-refractivity contribution in [2.75, 3.05) is 19.6 Å². The van der Waals surface area contributed by atoms with Crippen LogP contribution in [0.3, 0.4) is 0 Å². The summed E-state index contributed by atoms with van der Waals surface area (Å²) in [5.74, 6) is 0.422. The molecule has 0 saturated carbocycles. The molecule has 0 radical (unpaired) electrons. The predicted octanol–water partition coefficient (Wildman–Crippen LogP) is 1.99. The second-order valence-corrected chi connectivity index (χ2v) is 7.25. The Labute approximate surface area is 129 Å². The maximum atomic E-state index is 13.1. The van der Waals surface area contributed by atoms with E-state index < -0.39 is 0 Å². The van der Waals surface area contributed by atoms with Crippen molar-refractivity contribution in [2.45, 2.75) is 83.0 Å². The zero-order valence-electron chi connectivity index (χ0n) is 13.7. The van der Waals surface area contributed by atoms with Gasteiger partial charge in [-0.3, -0.25) is 9.69 Å². The number of amides is 1. The highest BCUT2D eigenvalue weighted by atomic mass is 16.2. The fraction of sp³-hybridized carbons (Fsp3) is 0.941. The molecule has 120 valence electrons. The van der Waals surface area contributed by atoms with E-state index in [9.17, 15) is 4.79 Å². The number of nitrogens with one attached hydrogen (secondary N) is 1. The van der Waals surface area contributed by atoms with E-state index in [0.717, 1.165) is 26.1 Å². The number of nitrogens with zero attached hydrogens (tertiary/aromatic N) is 2. The minimum absolute atomic E-state index is 0.163. The number of piperidine rings is 2. The van der Waals surface area contributed by atoms with Gasteiger partial charge < -0.3 is 10.2 Å². The van der Waals surface area contributed by atoms with Crippen molar-refractivity contribution in [1.82, 2.24) is 15.1 Å². The third kappa shape index (κ3) is 3.11. The molecule has 4 nitrogen and oxygen atoms in total. The summed E-state index contributed by atoms with van der Waals surface area (Å²) in [6.45, 7) is 7.81. The summed E-state index contributed by atoms with van der Waals surface area (Å²) in [4.78, 5) is 17.9. The molecule has 3 saturated heterocycles. The Kier molecular flexibility index (Phi) is 4.85. The molecule has 3 aliphatic rings. The highest BCUT2D eigenvalue weighted by Crippen LogP contribution is 2.30. The van der Waals surface area contributed by atoms with Gasteiger partial charge in [0.25, 0.3) is 0 Å². The molecule has 3 unspecified atom stereocenters. The first kappa shape index (κ1) is 15.3. The van der Waals surface area contributed by atoms with Crippen molar-refractivity contribution in [3.05, 3.63) is 0 Å². The van der Waals surface area contributed by atoms with Crippen LogP contribution in [0.2, 0.25) is 0 Å². The van der Waals surface area contributed by atoms with E-state index in [-0.39, 0.29) is 6.04 Å². The lowest BCUT2D eigenvalue weighted by Crippen LogP contribution is -2.56. The minimum atomic E-state index is 0.163. The molecule has 3 aliphatic heterocycles. The van der Waals surface area contributed by atoms with Crippen LogP contribution in [-0.2, 0) is 4.79 Å². The average Bonchev–Trinajstić information content (AvgIpc) is 2.97. The smallest absolute Gasteiger partial charge is 0.240 e. The molecule has 0 aromatic heterocycles. The molecule has 0 aliphatic carbocycles. The van der Waals surface area contributed by atoms with E-state index in [0.29, 0.717) is 24.0 Å². The van der Waals surface area contributed by atoms with Gasteiger partial charge in [-0.05, 0) is 78.4 Å². The van der Waals surface area contributed by atoms with Crippen LogP contribution in [0.5, 0.6) is 0 Å². The number of likely N-dealkylation sites (tertiary alicyclic amines) is 2. The quantitative estimate of drug-likeness (QED) is 0.846. The van der Waals surface area contributed by atoms with Gasteiger partial charge in [-0.25, -0.2) is 0 Å². The van der Waals surface area contributed by atoms with Crippen LogP contribution < -0.4 is 5.32 Å². The average molecular weight is 293 g/mol. The van der Waals surface area contributed by atoms with Gasteiger partial charge in [0.1, 0.15) is 0 Å². The second-order valence-electron chi connectivity index (χ2n) is 7.25. The first-order chi connectivity index (χ1) is 10.2. The molecule has 3 rings (SSSR count). The largest absolute Gasteiger partial charge is 0.336 e. The van der Waals surface area contributed by atoms with Crippen molar-refractivity contribution in [1.29, 1.82) is 0 Å². The van der Waals surface area contributed by atoms with Gasteiger partial charge in [0.05, 0.1) is 6.04 Å². The van der Waals surface area contributed by atoms with Crippen LogP contribution in [0.25, 0.3) is 0 Å². The molecule has 21 heavy (non-hydrogen) atoms. The Morgan fingerprint density at radius 3 is 2.29 bits per heavy atom. The Bertz CT molecular complexity index is 357. The van der Waals surface area contributed by atoms with Crippen molar-refractivity contribution < 1.29 is 4.79 Å². The molecule has 1 amide bonds. The summed E-state index contributed by atoms with van der Waals surface area (Å²) in [7, 11) is 0. The van der Waals surface area contributed by atoms with Gasteiger partial charge in [-0.15, -0.1) is 0 Å². The van der Waals surface area contributed by atoms with Gasteiger partial charge in [0.15, 0.2) is 0 Å². The molecule has 3 fully saturated rings. The van der Waals surface area contributed by atoms with Crippen LogP contribution in [0, 0.1) is 0 Å². The summed E-state index contributed by atoms with van der Waals surface area (Å²) in [5, 5.41) is 3.44. The molecule has 1 N–H and O–H groups in total. The van der Waals surface area contributed by atoms with E-state index in [2.05, 4.69) is 29.0 Å². The second kappa shape index (κ2) is 6.66. The summed E-state index contributed by atoms with van der Waals surface area (Å²) >= 11 is 0. The van der Waals surface area contributed by atoms with Gasteiger partial charge in [0, 0.05) is 18.1 Å². The Morgan fingerprint density at radius 1 is 0.952 bits per heavy atom. The fourth-order valence-electron chi connectivity index (χ4n) is 4.66. The van der Waals surface area contributed by atoms with Crippen molar-refractivity contribution >= 4 is 5.91 Å². The Hall–Kier alpha value is -0.610. The highest BCUT2D eigenvalue weighted by molar-refractivity contribution is 5.83. The van der Waals surface area contributed by atoms with Gasteiger partial charge >= 0.3 is 0 Å².